The average Bonchev–Trinajstić information content (AvgIpc) is 2.56. The Kier molecular flexibility index (Phi) is 5.58. The molecule has 2 rings (SSSR count). The van der Waals surface area contributed by atoms with Crippen molar-refractivity contribution in [3.63, 3.8) is 0 Å². The second kappa shape index (κ2) is 7.64. The zero-order valence-electron chi connectivity index (χ0n) is 12.8. The Morgan fingerprint density at radius 3 is 2.33 bits per heavy atom. The molecule has 1 unspecified atom stereocenters. The molecule has 1 aromatic carbocycles. The molecule has 112 valence electrons. The van der Waals surface area contributed by atoms with E-state index in [4.69, 9.17) is 9.47 Å². The topological polar surface area (TPSA) is 43.4 Å². The average molecular weight is 286 g/mol. The molecule has 0 aliphatic carbocycles. The molecule has 0 fully saturated rings. The van der Waals surface area contributed by atoms with E-state index in [9.17, 15) is 0 Å². The van der Waals surface area contributed by atoms with Crippen molar-refractivity contribution < 1.29 is 9.47 Å². The van der Waals surface area contributed by atoms with Gasteiger partial charge in [-0.2, -0.15) is 0 Å². The minimum Gasteiger partial charge on any atom is -0.496 e. The van der Waals surface area contributed by atoms with Gasteiger partial charge in [0, 0.05) is 18.4 Å². The van der Waals surface area contributed by atoms with Crippen molar-refractivity contribution in [2.45, 2.75) is 18.9 Å². The lowest BCUT2D eigenvalue weighted by Gasteiger charge is -2.22. The molecule has 1 N–H and O–H groups in total. The van der Waals surface area contributed by atoms with Crippen LogP contribution in [0.2, 0.25) is 0 Å². The quantitative estimate of drug-likeness (QED) is 0.849. The Hall–Kier alpha value is -2.07. The Labute approximate surface area is 126 Å². The number of methoxy groups -OCH3 is 2. The second-order valence-corrected chi connectivity index (χ2v) is 4.82. The summed E-state index contributed by atoms with van der Waals surface area (Å²) in [5.41, 5.74) is 2.29. The molecule has 1 aromatic heterocycles. The Balaban J connectivity index is 2.21. The van der Waals surface area contributed by atoms with Gasteiger partial charge in [-0.3, -0.25) is 4.98 Å². The lowest BCUT2D eigenvalue weighted by molar-refractivity contribution is 0.370. The first-order chi connectivity index (χ1) is 10.3. The van der Waals surface area contributed by atoms with Gasteiger partial charge >= 0.3 is 0 Å². The van der Waals surface area contributed by atoms with Gasteiger partial charge in [0.05, 0.1) is 19.8 Å². The van der Waals surface area contributed by atoms with Crippen molar-refractivity contribution in [2.75, 3.05) is 21.3 Å². The molecule has 1 atom stereocenters. The molecule has 4 nitrogen and oxygen atoms in total. The van der Waals surface area contributed by atoms with E-state index < -0.39 is 0 Å². The van der Waals surface area contributed by atoms with Crippen molar-refractivity contribution in [1.82, 2.24) is 10.3 Å². The van der Waals surface area contributed by atoms with Gasteiger partial charge in [0.1, 0.15) is 11.5 Å². The van der Waals surface area contributed by atoms with Crippen molar-refractivity contribution in [1.29, 1.82) is 0 Å². The molecule has 0 saturated heterocycles. The predicted octanol–water partition coefficient (Wildman–Crippen LogP) is 2.99. The summed E-state index contributed by atoms with van der Waals surface area (Å²) in [4.78, 5) is 4.16. The van der Waals surface area contributed by atoms with Gasteiger partial charge in [0.25, 0.3) is 0 Å². The van der Waals surface area contributed by atoms with Crippen LogP contribution in [0.5, 0.6) is 11.5 Å². The lowest BCUT2D eigenvalue weighted by atomic mass is 9.98. The van der Waals surface area contributed by atoms with E-state index in [0.717, 1.165) is 29.9 Å². The maximum absolute atomic E-state index is 5.49. The van der Waals surface area contributed by atoms with Crippen LogP contribution in [0.25, 0.3) is 0 Å². The first-order valence-corrected chi connectivity index (χ1v) is 7.07. The fourth-order valence-electron chi connectivity index (χ4n) is 2.51. The number of rotatable bonds is 7. The van der Waals surface area contributed by atoms with Gasteiger partial charge in [-0.15, -0.1) is 0 Å². The Morgan fingerprint density at radius 1 is 1.10 bits per heavy atom. The van der Waals surface area contributed by atoms with E-state index in [0.29, 0.717) is 0 Å². The number of hydrogen-bond acceptors (Lipinski definition) is 4. The number of nitrogens with zero attached hydrogens (tertiary/aromatic N) is 1. The molecule has 0 aliphatic rings. The first-order valence-electron chi connectivity index (χ1n) is 7.07. The molecule has 0 amide bonds. The van der Waals surface area contributed by atoms with E-state index in [1.807, 2.05) is 37.5 Å². The predicted molar refractivity (Wildman–Crippen MR) is 83.9 cm³/mol. The number of benzene rings is 1. The van der Waals surface area contributed by atoms with Gasteiger partial charge in [0.15, 0.2) is 0 Å². The maximum Gasteiger partial charge on any atom is 0.127 e. The van der Waals surface area contributed by atoms with Gasteiger partial charge in [-0.1, -0.05) is 12.1 Å². The van der Waals surface area contributed by atoms with Gasteiger partial charge in [0.2, 0.25) is 0 Å². The third-order valence-electron chi connectivity index (χ3n) is 3.61. The zero-order valence-corrected chi connectivity index (χ0v) is 12.8. The molecule has 0 aliphatic heterocycles. The van der Waals surface area contributed by atoms with Crippen molar-refractivity contribution >= 4 is 0 Å². The Bertz CT molecular complexity index is 536. The number of aromatic nitrogens is 1. The van der Waals surface area contributed by atoms with E-state index in [1.165, 1.54) is 5.56 Å². The number of pyridine rings is 1. The van der Waals surface area contributed by atoms with E-state index in [2.05, 4.69) is 16.4 Å². The summed E-state index contributed by atoms with van der Waals surface area (Å²) in [6.45, 7) is 0. The minimum atomic E-state index is 0.163. The SMILES string of the molecule is CNC(CCc1cccnc1)c1c(OC)cccc1OC. The monoisotopic (exact) mass is 286 g/mol. The van der Waals surface area contributed by atoms with Crippen LogP contribution < -0.4 is 14.8 Å². The molecule has 0 saturated carbocycles. The van der Waals surface area contributed by atoms with Crippen molar-refractivity contribution in [2.24, 2.45) is 0 Å². The summed E-state index contributed by atoms with van der Waals surface area (Å²) in [6, 6.07) is 10.1. The van der Waals surface area contributed by atoms with Crippen molar-refractivity contribution in [3.8, 4) is 11.5 Å². The second-order valence-electron chi connectivity index (χ2n) is 4.82. The molecule has 1 heterocycles. The summed E-state index contributed by atoms with van der Waals surface area (Å²) in [6.07, 6.45) is 5.59. The normalized spacial score (nSPS) is 12.0. The molecule has 2 aromatic rings. The molecule has 0 spiro atoms. The number of nitrogens with one attached hydrogen (secondary N) is 1. The minimum absolute atomic E-state index is 0.163. The highest BCUT2D eigenvalue weighted by Gasteiger charge is 2.19. The third-order valence-corrected chi connectivity index (χ3v) is 3.61. The zero-order chi connectivity index (χ0) is 15.1. The lowest BCUT2D eigenvalue weighted by Crippen LogP contribution is -2.19. The van der Waals surface area contributed by atoms with E-state index >= 15 is 0 Å². The van der Waals surface area contributed by atoms with Crippen LogP contribution in [0.15, 0.2) is 42.7 Å². The van der Waals surface area contributed by atoms with Gasteiger partial charge in [-0.05, 0) is 43.7 Å². The van der Waals surface area contributed by atoms with E-state index in [1.54, 1.807) is 20.4 Å². The third kappa shape index (κ3) is 3.73. The standard InChI is InChI=1S/C17H22N2O2/c1-18-14(10-9-13-6-5-11-19-12-13)17-15(20-2)7-4-8-16(17)21-3/h4-8,11-12,14,18H,9-10H2,1-3H3. The highest BCUT2D eigenvalue weighted by Crippen LogP contribution is 2.35. The highest BCUT2D eigenvalue weighted by atomic mass is 16.5. The molecular weight excluding hydrogens is 264 g/mol. The number of hydrogen-bond donors (Lipinski definition) is 1. The number of ether oxygens (including phenoxy) is 2. The molecule has 4 heteroatoms. The van der Waals surface area contributed by atoms with Crippen LogP contribution >= 0.6 is 0 Å². The van der Waals surface area contributed by atoms with Crippen LogP contribution in [0.4, 0.5) is 0 Å². The summed E-state index contributed by atoms with van der Waals surface area (Å²) in [5, 5.41) is 3.36. The molecular formula is C17H22N2O2. The molecule has 21 heavy (non-hydrogen) atoms. The summed E-state index contributed by atoms with van der Waals surface area (Å²) < 4.78 is 11.0. The Morgan fingerprint density at radius 2 is 1.81 bits per heavy atom. The molecule has 0 bridgehead atoms. The van der Waals surface area contributed by atoms with Crippen molar-refractivity contribution in [3.05, 3.63) is 53.9 Å². The maximum atomic E-state index is 5.49. The van der Waals surface area contributed by atoms with E-state index in [-0.39, 0.29) is 6.04 Å². The van der Waals surface area contributed by atoms with Crippen LogP contribution in [-0.2, 0) is 6.42 Å². The smallest absolute Gasteiger partial charge is 0.127 e. The fraction of sp³-hybridized carbons (Fsp3) is 0.353. The fourth-order valence-corrected chi connectivity index (χ4v) is 2.51. The summed E-state index contributed by atoms with van der Waals surface area (Å²) >= 11 is 0. The van der Waals surface area contributed by atoms with Crippen LogP contribution in [0.1, 0.15) is 23.6 Å². The van der Waals surface area contributed by atoms with Gasteiger partial charge in [-0.25, -0.2) is 0 Å². The highest BCUT2D eigenvalue weighted by molar-refractivity contribution is 5.47. The van der Waals surface area contributed by atoms with Gasteiger partial charge < -0.3 is 14.8 Å². The molecule has 0 radical (unpaired) electrons. The largest absolute Gasteiger partial charge is 0.496 e. The van der Waals surface area contributed by atoms with Crippen LogP contribution in [-0.4, -0.2) is 26.3 Å². The number of aryl methyl sites for hydroxylation is 1. The van der Waals surface area contributed by atoms with Crippen LogP contribution in [0, 0.1) is 0 Å². The summed E-state index contributed by atoms with van der Waals surface area (Å²) in [5.74, 6) is 1.69. The summed E-state index contributed by atoms with van der Waals surface area (Å²) in [7, 11) is 5.33. The first kappa shape index (κ1) is 15.3. The van der Waals surface area contributed by atoms with Crippen LogP contribution in [0.3, 0.4) is 0 Å².